The SMILES string of the molecule is CCC(CNC)CNCCc1ccc2c(c1)CCO2. The molecule has 0 saturated carbocycles. The van der Waals surface area contributed by atoms with Crippen LogP contribution in [0.15, 0.2) is 18.2 Å². The summed E-state index contributed by atoms with van der Waals surface area (Å²) in [5.74, 6) is 1.81. The van der Waals surface area contributed by atoms with Crippen LogP contribution in [-0.2, 0) is 12.8 Å². The van der Waals surface area contributed by atoms with Crippen molar-refractivity contribution in [2.24, 2.45) is 5.92 Å². The van der Waals surface area contributed by atoms with Crippen molar-refractivity contribution in [1.29, 1.82) is 0 Å². The van der Waals surface area contributed by atoms with E-state index < -0.39 is 0 Å². The fourth-order valence-corrected chi connectivity index (χ4v) is 2.58. The van der Waals surface area contributed by atoms with Gasteiger partial charge in [-0.2, -0.15) is 0 Å². The molecule has 1 heterocycles. The van der Waals surface area contributed by atoms with Gasteiger partial charge in [0.25, 0.3) is 0 Å². The Morgan fingerprint density at radius 3 is 3.00 bits per heavy atom. The molecule has 1 aliphatic rings. The van der Waals surface area contributed by atoms with Crippen LogP contribution in [0.25, 0.3) is 0 Å². The van der Waals surface area contributed by atoms with Crippen LogP contribution in [0.4, 0.5) is 0 Å². The number of fused-ring (bicyclic) bond motifs is 1. The normalized spacial score (nSPS) is 15.1. The summed E-state index contributed by atoms with van der Waals surface area (Å²) in [6.07, 6.45) is 3.39. The molecule has 1 atom stereocenters. The molecular weight excluding hydrogens is 236 g/mol. The fourth-order valence-electron chi connectivity index (χ4n) is 2.58. The minimum atomic E-state index is 0.735. The van der Waals surface area contributed by atoms with Crippen molar-refractivity contribution in [3.05, 3.63) is 29.3 Å². The molecule has 0 bridgehead atoms. The molecular formula is C16H26N2O. The molecule has 1 aromatic rings. The summed E-state index contributed by atoms with van der Waals surface area (Å²) < 4.78 is 5.53. The van der Waals surface area contributed by atoms with Gasteiger partial charge < -0.3 is 15.4 Å². The van der Waals surface area contributed by atoms with Crippen LogP contribution >= 0.6 is 0 Å². The second kappa shape index (κ2) is 7.51. The van der Waals surface area contributed by atoms with E-state index in [1.54, 1.807) is 0 Å². The molecule has 3 nitrogen and oxygen atoms in total. The van der Waals surface area contributed by atoms with Crippen molar-refractivity contribution < 1.29 is 4.74 Å². The Labute approximate surface area is 116 Å². The molecule has 19 heavy (non-hydrogen) atoms. The van der Waals surface area contributed by atoms with Crippen molar-refractivity contribution in [3.8, 4) is 5.75 Å². The van der Waals surface area contributed by atoms with Crippen LogP contribution in [0.1, 0.15) is 24.5 Å². The highest BCUT2D eigenvalue weighted by Crippen LogP contribution is 2.25. The van der Waals surface area contributed by atoms with Gasteiger partial charge in [-0.15, -0.1) is 0 Å². The van der Waals surface area contributed by atoms with Crippen molar-refractivity contribution in [3.63, 3.8) is 0 Å². The maximum atomic E-state index is 5.53. The zero-order chi connectivity index (χ0) is 13.5. The van der Waals surface area contributed by atoms with Crippen LogP contribution in [0.3, 0.4) is 0 Å². The minimum Gasteiger partial charge on any atom is -0.493 e. The van der Waals surface area contributed by atoms with Crippen LogP contribution in [0, 0.1) is 5.92 Å². The van der Waals surface area contributed by atoms with Gasteiger partial charge in [-0.05, 0) is 56.2 Å². The smallest absolute Gasteiger partial charge is 0.122 e. The van der Waals surface area contributed by atoms with Crippen LogP contribution in [0.5, 0.6) is 5.75 Å². The summed E-state index contributed by atoms with van der Waals surface area (Å²) in [5, 5.41) is 6.82. The lowest BCUT2D eigenvalue weighted by Gasteiger charge is -2.15. The summed E-state index contributed by atoms with van der Waals surface area (Å²) in [7, 11) is 2.02. The van der Waals surface area contributed by atoms with E-state index >= 15 is 0 Å². The van der Waals surface area contributed by atoms with Gasteiger partial charge in [0.05, 0.1) is 6.61 Å². The van der Waals surface area contributed by atoms with Crippen molar-refractivity contribution in [2.75, 3.05) is 33.3 Å². The third-order valence-corrected chi connectivity index (χ3v) is 3.85. The highest BCUT2D eigenvalue weighted by atomic mass is 16.5. The zero-order valence-corrected chi connectivity index (χ0v) is 12.2. The molecule has 0 amide bonds. The highest BCUT2D eigenvalue weighted by molar-refractivity contribution is 5.39. The molecule has 106 valence electrons. The number of ether oxygens (including phenoxy) is 1. The van der Waals surface area contributed by atoms with Crippen molar-refractivity contribution in [2.45, 2.75) is 26.2 Å². The van der Waals surface area contributed by atoms with Gasteiger partial charge in [0.1, 0.15) is 5.75 Å². The summed E-state index contributed by atoms with van der Waals surface area (Å²) >= 11 is 0. The lowest BCUT2D eigenvalue weighted by Crippen LogP contribution is -2.30. The number of rotatable bonds is 8. The summed E-state index contributed by atoms with van der Waals surface area (Å²) in [4.78, 5) is 0. The molecule has 0 fully saturated rings. The van der Waals surface area contributed by atoms with Gasteiger partial charge in [-0.1, -0.05) is 25.5 Å². The Morgan fingerprint density at radius 2 is 2.21 bits per heavy atom. The molecule has 1 unspecified atom stereocenters. The first-order valence-electron chi connectivity index (χ1n) is 7.43. The molecule has 0 spiro atoms. The van der Waals surface area contributed by atoms with Gasteiger partial charge in [0.15, 0.2) is 0 Å². The first-order chi connectivity index (χ1) is 9.33. The van der Waals surface area contributed by atoms with Gasteiger partial charge in [0, 0.05) is 6.42 Å². The van der Waals surface area contributed by atoms with E-state index in [1.165, 1.54) is 17.5 Å². The molecule has 2 rings (SSSR count). The summed E-state index contributed by atoms with van der Waals surface area (Å²) in [5.41, 5.74) is 2.79. The number of hydrogen-bond donors (Lipinski definition) is 2. The van der Waals surface area contributed by atoms with E-state index in [4.69, 9.17) is 4.74 Å². The summed E-state index contributed by atoms with van der Waals surface area (Å²) in [6.45, 7) is 6.36. The average Bonchev–Trinajstić information content (AvgIpc) is 2.89. The number of benzene rings is 1. The van der Waals surface area contributed by atoms with Gasteiger partial charge in [-0.3, -0.25) is 0 Å². The van der Waals surface area contributed by atoms with E-state index in [0.29, 0.717) is 0 Å². The number of hydrogen-bond acceptors (Lipinski definition) is 3. The van der Waals surface area contributed by atoms with Crippen molar-refractivity contribution in [1.82, 2.24) is 10.6 Å². The highest BCUT2D eigenvalue weighted by Gasteiger charge is 2.11. The third-order valence-electron chi connectivity index (χ3n) is 3.85. The van der Waals surface area contributed by atoms with Crippen LogP contribution in [0.2, 0.25) is 0 Å². The monoisotopic (exact) mass is 262 g/mol. The third kappa shape index (κ3) is 4.22. The predicted molar refractivity (Wildman–Crippen MR) is 79.9 cm³/mol. The first-order valence-corrected chi connectivity index (χ1v) is 7.43. The Hall–Kier alpha value is -1.06. The van der Waals surface area contributed by atoms with E-state index in [9.17, 15) is 0 Å². The Balaban J connectivity index is 1.71. The largest absolute Gasteiger partial charge is 0.493 e. The van der Waals surface area contributed by atoms with Crippen LogP contribution < -0.4 is 15.4 Å². The maximum absolute atomic E-state index is 5.53. The minimum absolute atomic E-state index is 0.735. The van der Waals surface area contributed by atoms with Crippen molar-refractivity contribution >= 4 is 0 Å². The van der Waals surface area contributed by atoms with E-state index in [2.05, 4.69) is 35.8 Å². The standard InChI is InChI=1S/C16H26N2O/c1-3-13(11-17-2)12-18-8-6-14-4-5-16-15(10-14)7-9-19-16/h4-5,10,13,17-18H,3,6-9,11-12H2,1-2H3. The van der Waals surface area contributed by atoms with Gasteiger partial charge >= 0.3 is 0 Å². The molecule has 2 N–H and O–H groups in total. The second-order valence-corrected chi connectivity index (χ2v) is 5.33. The Morgan fingerprint density at radius 1 is 1.32 bits per heavy atom. The van der Waals surface area contributed by atoms with E-state index in [1.807, 2.05) is 7.05 Å². The van der Waals surface area contributed by atoms with Gasteiger partial charge in [-0.25, -0.2) is 0 Å². The zero-order valence-electron chi connectivity index (χ0n) is 12.2. The fraction of sp³-hybridized carbons (Fsp3) is 0.625. The molecule has 0 aromatic heterocycles. The van der Waals surface area contributed by atoms with Crippen LogP contribution in [-0.4, -0.2) is 33.3 Å². The molecule has 0 saturated heterocycles. The molecule has 0 aliphatic carbocycles. The van der Waals surface area contributed by atoms with E-state index in [-0.39, 0.29) is 0 Å². The van der Waals surface area contributed by atoms with Gasteiger partial charge in [0.2, 0.25) is 0 Å². The quantitative estimate of drug-likeness (QED) is 0.703. The molecule has 1 aliphatic heterocycles. The second-order valence-electron chi connectivity index (χ2n) is 5.33. The predicted octanol–water partition coefficient (Wildman–Crippen LogP) is 2.00. The average molecular weight is 262 g/mol. The Bertz CT molecular complexity index is 392. The first kappa shape index (κ1) is 14.4. The summed E-state index contributed by atoms with van der Waals surface area (Å²) in [6, 6.07) is 6.61. The van der Waals surface area contributed by atoms with E-state index in [0.717, 1.165) is 50.8 Å². The topological polar surface area (TPSA) is 33.3 Å². The lowest BCUT2D eigenvalue weighted by atomic mass is 10.1. The molecule has 1 aromatic carbocycles. The molecule has 0 radical (unpaired) electrons. The maximum Gasteiger partial charge on any atom is 0.122 e. The molecule has 3 heteroatoms. The lowest BCUT2D eigenvalue weighted by molar-refractivity contribution is 0.357. The number of nitrogens with one attached hydrogen (secondary N) is 2. The Kier molecular flexibility index (Phi) is 5.67.